The van der Waals surface area contributed by atoms with E-state index in [9.17, 15) is 19.7 Å². The number of nitrogens with zero attached hydrogens (tertiary/aromatic N) is 1. The van der Waals surface area contributed by atoms with E-state index in [1.54, 1.807) is 0 Å². The molecule has 0 aliphatic rings. The van der Waals surface area contributed by atoms with E-state index in [1.807, 2.05) is 32.0 Å². The van der Waals surface area contributed by atoms with Gasteiger partial charge in [0.15, 0.2) is 12.4 Å². The molecule has 0 radical (unpaired) electrons. The highest BCUT2D eigenvalue weighted by Gasteiger charge is 2.13. The van der Waals surface area contributed by atoms with Crippen molar-refractivity contribution >= 4 is 29.2 Å². The van der Waals surface area contributed by atoms with E-state index in [-0.39, 0.29) is 23.6 Å². The third-order valence-corrected chi connectivity index (χ3v) is 4.58. The average Bonchev–Trinajstić information content (AvgIpc) is 2.60. The molecule has 0 aliphatic carbocycles. The molecule has 0 saturated carbocycles. The van der Waals surface area contributed by atoms with E-state index in [0.29, 0.717) is 0 Å². The molecule has 0 N–H and O–H groups in total. The van der Waals surface area contributed by atoms with Crippen molar-refractivity contribution in [3.8, 4) is 0 Å². The van der Waals surface area contributed by atoms with Crippen LogP contribution in [-0.2, 0) is 9.53 Å². The van der Waals surface area contributed by atoms with Crippen molar-refractivity contribution in [2.24, 2.45) is 0 Å². The third kappa shape index (κ3) is 5.42. The lowest BCUT2D eigenvalue weighted by atomic mass is 10.1. The van der Waals surface area contributed by atoms with Gasteiger partial charge in [0.1, 0.15) is 0 Å². The number of carbonyl (C=O) groups is 2. The van der Waals surface area contributed by atoms with Crippen LogP contribution in [0.15, 0.2) is 47.4 Å². The van der Waals surface area contributed by atoms with Crippen LogP contribution in [0.25, 0.3) is 0 Å². The number of esters is 1. The zero-order valence-corrected chi connectivity index (χ0v) is 14.7. The summed E-state index contributed by atoms with van der Waals surface area (Å²) in [5.74, 6) is -0.779. The molecule has 6 nitrogen and oxygen atoms in total. The molecule has 0 heterocycles. The number of carbonyl (C=O) groups excluding carboxylic acids is 2. The predicted molar refractivity (Wildman–Crippen MR) is 95.0 cm³/mol. The van der Waals surface area contributed by atoms with Gasteiger partial charge in [0.2, 0.25) is 0 Å². The van der Waals surface area contributed by atoms with Gasteiger partial charge in [0.25, 0.3) is 5.69 Å². The van der Waals surface area contributed by atoms with Gasteiger partial charge in [-0.2, -0.15) is 0 Å². The molecule has 0 spiro atoms. The number of thioether (sulfide) groups is 1. The lowest BCUT2D eigenvalue weighted by Gasteiger charge is -2.07. The molecule has 7 heteroatoms. The van der Waals surface area contributed by atoms with E-state index in [1.165, 1.54) is 36.0 Å². The fourth-order valence-electron chi connectivity index (χ4n) is 2.04. The molecule has 130 valence electrons. The van der Waals surface area contributed by atoms with Crippen molar-refractivity contribution in [3.63, 3.8) is 0 Å². The Balaban J connectivity index is 1.84. The number of rotatable bonds is 7. The topological polar surface area (TPSA) is 86.5 Å². The number of ketones is 1. The second-order valence-corrected chi connectivity index (χ2v) is 6.46. The molecule has 0 atom stereocenters. The summed E-state index contributed by atoms with van der Waals surface area (Å²) in [4.78, 5) is 34.8. The van der Waals surface area contributed by atoms with Gasteiger partial charge in [0, 0.05) is 22.6 Å². The van der Waals surface area contributed by atoms with Crippen molar-refractivity contribution < 1.29 is 19.2 Å². The predicted octanol–water partition coefficient (Wildman–Crippen LogP) is 3.73. The number of Topliss-reactive ketones (excluding diaryl/α,β-unsaturated/α-hetero) is 1. The number of hydrogen-bond donors (Lipinski definition) is 0. The molecule has 0 amide bonds. The molecular weight excluding hydrogens is 342 g/mol. The maximum atomic E-state index is 11.9. The molecule has 25 heavy (non-hydrogen) atoms. The van der Waals surface area contributed by atoms with Crippen molar-refractivity contribution in [1.29, 1.82) is 0 Å². The molecule has 0 unspecified atom stereocenters. The van der Waals surface area contributed by atoms with Gasteiger partial charge in [-0.25, -0.2) is 0 Å². The van der Waals surface area contributed by atoms with Gasteiger partial charge >= 0.3 is 5.97 Å². The van der Waals surface area contributed by atoms with Crippen LogP contribution in [0.5, 0.6) is 0 Å². The lowest BCUT2D eigenvalue weighted by molar-refractivity contribution is -0.384. The molecule has 0 aromatic heterocycles. The van der Waals surface area contributed by atoms with E-state index < -0.39 is 16.7 Å². The fourth-order valence-corrected chi connectivity index (χ4v) is 2.96. The van der Waals surface area contributed by atoms with Crippen LogP contribution in [0, 0.1) is 24.0 Å². The van der Waals surface area contributed by atoms with E-state index in [2.05, 4.69) is 0 Å². The van der Waals surface area contributed by atoms with E-state index in [0.717, 1.165) is 16.0 Å². The first-order valence-electron chi connectivity index (χ1n) is 7.50. The minimum atomic E-state index is -0.543. The molecule has 2 aromatic rings. The SMILES string of the molecule is Cc1ccc(C)c(SCC(=O)OCC(=O)c2ccc([N+](=O)[O-])cc2)c1. The molecule has 0 saturated heterocycles. The minimum absolute atomic E-state index is 0.0986. The fraction of sp³-hybridized carbons (Fsp3) is 0.222. The van der Waals surface area contributed by atoms with Crippen molar-refractivity contribution in [3.05, 3.63) is 69.3 Å². The summed E-state index contributed by atoms with van der Waals surface area (Å²) in [5, 5.41) is 10.6. The van der Waals surface area contributed by atoms with Gasteiger partial charge in [-0.3, -0.25) is 19.7 Å². The summed E-state index contributed by atoms with van der Waals surface area (Å²) >= 11 is 1.36. The number of hydrogen-bond acceptors (Lipinski definition) is 6. The van der Waals surface area contributed by atoms with Gasteiger partial charge in [-0.15, -0.1) is 11.8 Å². The van der Waals surface area contributed by atoms with Crippen LogP contribution in [-0.4, -0.2) is 29.0 Å². The normalized spacial score (nSPS) is 10.3. The van der Waals surface area contributed by atoms with Crippen molar-refractivity contribution in [2.75, 3.05) is 12.4 Å². The Bertz CT molecular complexity index is 802. The summed E-state index contributed by atoms with van der Waals surface area (Å²) in [6, 6.07) is 11.2. The van der Waals surface area contributed by atoms with Crippen LogP contribution < -0.4 is 0 Å². The highest BCUT2D eigenvalue weighted by molar-refractivity contribution is 8.00. The molecule has 0 aliphatic heterocycles. The zero-order valence-electron chi connectivity index (χ0n) is 13.9. The van der Waals surface area contributed by atoms with Crippen molar-refractivity contribution in [1.82, 2.24) is 0 Å². The largest absolute Gasteiger partial charge is 0.457 e. The summed E-state index contributed by atoms with van der Waals surface area (Å²) in [6.07, 6.45) is 0. The minimum Gasteiger partial charge on any atom is -0.457 e. The highest BCUT2D eigenvalue weighted by Crippen LogP contribution is 2.23. The summed E-state index contributed by atoms with van der Waals surface area (Å²) < 4.78 is 4.98. The lowest BCUT2D eigenvalue weighted by Crippen LogP contribution is -2.15. The summed E-state index contributed by atoms with van der Waals surface area (Å²) in [5.41, 5.74) is 2.35. The third-order valence-electron chi connectivity index (χ3n) is 3.45. The first-order chi connectivity index (χ1) is 11.9. The van der Waals surface area contributed by atoms with E-state index in [4.69, 9.17) is 4.74 Å². The quantitative estimate of drug-likeness (QED) is 0.246. The first-order valence-corrected chi connectivity index (χ1v) is 8.48. The number of non-ortho nitro benzene ring substituents is 1. The molecule has 2 rings (SSSR count). The van der Waals surface area contributed by atoms with Crippen molar-refractivity contribution in [2.45, 2.75) is 18.7 Å². The number of aryl methyl sites for hydroxylation is 2. The number of benzene rings is 2. The number of ether oxygens (including phenoxy) is 1. The van der Waals surface area contributed by atoms with Crippen LogP contribution in [0.3, 0.4) is 0 Å². The standard InChI is InChI=1S/C18H17NO5S/c1-12-3-4-13(2)17(9-12)25-11-18(21)24-10-16(20)14-5-7-15(8-6-14)19(22)23/h3-9H,10-11H2,1-2H3. The Hall–Kier alpha value is -2.67. The summed E-state index contributed by atoms with van der Waals surface area (Å²) in [6.45, 7) is 3.56. The van der Waals surface area contributed by atoms with Gasteiger partial charge in [0.05, 0.1) is 10.7 Å². The van der Waals surface area contributed by atoms with Gasteiger partial charge in [-0.1, -0.05) is 17.7 Å². The molecule has 0 fully saturated rings. The highest BCUT2D eigenvalue weighted by atomic mass is 32.2. The Kier molecular flexibility index (Phi) is 6.30. The average molecular weight is 359 g/mol. The first kappa shape index (κ1) is 18.7. The van der Waals surface area contributed by atoms with Crippen LogP contribution >= 0.6 is 11.8 Å². The second kappa shape index (κ2) is 8.43. The Morgan fingerprint density at radius 3 is 2.44 bits per heavy atom. The maximum Gasteiger partial charge on any atom is 0.316 e. The molecule has 2 aromatic carbocycles. The van der Waals surface area contributed by atoms with E-state index >= 15 is 0 Å². The van der Waals surface area contributed by atoms with Gasteiger partial charge < -0.3 is 4.74 Å². The maximum absolute atomic E-state index is 11.9. The summed E-state index contributed by atoms with van der Waals surface area (Å²) in [7, 11) is 0. The molecule has 0 bridgehead atoms. The second-order valence-electron chi connectivity index (χ2n) is 5.45. The monoisotopic (exact) mass is 359 g/mol. The Morgan fingerprint density at radius 1 is 1.12 bits per heavy atom. The smallest absolute Gasteiger partial charge is 0.316 e. The van der Waals surface area contributed by atoms with Crippen LogP contribution in [0.1, 0.15) is 21.5 Å². The molecular formula is C18H17NO5S. The van der Waals surface area contributed by atoms with Crippen LogP contribution in [0.4, 0.5) is 5.69 Å². The zero-order chi connectivity index (χ0) is 18.4. The van der Waals surface area contributed by atoms with Gasteiger partial charge in [-0.05, 0) is 37.6 Å². The number of nitro benzene ring substituents is 1. The van der Waals surface area contributed by atoms with Crippen LogP contribution in [0.2, 0.25) is 0 Å². The number of nitro groups is 1. The Labute approximate surface area is 149 Å². The Morgan fingerprint density at radius 2 is 1.80 bits per heavy atom.